The molecule has 2 aliphatic rings. The van der Waals surface area contributed by atoms with E-state index in [4.69, 9.17) is 9.47 Å². The molecule has 2 aliphatic heterocycles. The normalized spacial score (nSPS) is 28.4. The standard InChI is InChI=1S/C16H20FNO4/c17-11-3-1-10(2-4-11)14(5-6-19)18-16(20)13-8-22-15-9-21-7-12(13)15/h1-4,12-15,19H,5-9H2,(H,18,20). The van der Waals surface area contributed by atoms with Crippen LogP contribution in [0.15, 0.2) is 24.3 Å². The monoisotopic (exact) mass is 309 g/mol. The molecular weight excluding hydrogens is 289 g/mol. The van der Waals surface area contributed by atoms with Gasteiger partial charge in [0.05, 0.1) is 37.9 Å². The summed E-state index contributed by atoms with van der Waals surface area (Å²) in [6.07, 6.45) is 0.396. The fourth-order valence-electron chi connectivity index (χ4n) is 3.14. The molecule has 0 aromatic heterocycles. The zero-order valence-corrected chi connectivity index (χ0v) is 12.2. The summed E-state index contributed by atoms with van der Waals surface area (Å²) >= 11 is 0. The Labute approximate surface area is 128 Å². The Bertz CT molecular complexity index is 521. The zero-order valence-electron chi connectivity index (χ0n) is 12.2. The van der Waals surface area contributed by atoms with Crippen molar-refractivity contribution < 1.29 is 23.8 Å². The van der Waals surface area contributed by atoms with Gasteiger partial charge in [-0.15, -0.1) is 0 Å². The van der Waals surface area contributed by atoms with Crippen LogP contribution >= 0.6 is 0 Å². The van der Waals surface area contributed by atoms with E-state index < -0.39 is 0 Å². The molecule has 5 nitrogen and oxygen atoms in total. The number of carbonyl (C=O) groups excluding carboxylic acids is 1. The third-order valence-corrected chi connectivity index (χ3v) is 4.42. The minimum absolute atomic E-state index is 0.0119. The van der Waals surface area contributed by atoms with Crippen molar-refractivity contribution in [2.24, 2.45) is 11.8 Å². The fraction of sp³-hybridized carbons (Fsp3) is 0.562. The summed E-state index contributed by atoms with van der Waals surface area (Å²) in [4.78, 5) is 12.5. The minimum atomic E-state index is -0.334. The molecule has 22 heavy (non-hydrogen) atoms. The van der Waals surface area contributed by atoms with Crippen LogP contribution in [0.2, 0.25) is 0 Å². The largest absolute Gasteiger partial charge is 0.396 e. The maximum absolute atomic E-state index is 13.0. The van der Waals surface area contributed by atoms with Gasteiger partial charge in [-0.1, -0.05) is 12.1 Å². The number of hydrogen-bond donors (Lipinski definition) is 2. The Kier molecular flexibility index (Phi) is 4.71. The Morgan fingerprint density at radius 1 is 1.32 bits per heavy atom. The summed E-state index contributed by atoms with van der Waals surface area (Å²) in [6, 6.07) is 5.63. The average molecular weight is 309 g/mol. The Morgan fingerprint density at radius 2 is 2.09 bits per heavy atom. The topological polar surface area (TPSA) is 67.8 Å². The molecule has 4 unspecified atom stereocenters. The van der Waals surface area contributed by atoms with Gasteiger partial charge in [0.25, 0.3) is 0 Å². The highest BCUT2D eigenvalue weighted by atomic mass is 19.1. The van der Waals surface area contributed by atoms with Gasteiger partial charge < -0.3 is 19.9 Å². The van der Waals surface area contributed by atoms with E-state index in [0.29, 0.717) is 26.2 Å². The number of rotatable bonds is 5. The molecule has 2 saturated heterocycles. The number of aliphatic hydroxyl groups is 1. The molecule has 0 spiro atoms. The number of hydrogen-bond acceptors (Lipinski definition) is 4. The van der Waals surface area contributed by atoms with Crippen molar-refractivity contribution in [3.8, 4) is 0 Å². The molecule has 1 aromatic carbocycles. The summed E-state index contributed by atoms with van der Waals surface area (Å²) in [5.41, 5.74) is 0.780. The number of fused-ring (bicyclic) bond motifs is 1. The third-order valence-electron chi connectivity index (χ3n) is 4.42. The van der Waals surface area contributed by atoms with Gasteiger partial charge in [0.15, 0.2) is 0 Å². The lowest BCUT2D eigenvalue weighted by atomic mass is 9.92. The molecule has 1 amide bonds. The highest BCUT2D eigenvalue weighted by molar-refractivity contribution is 5.80. The summed E-state index contributed by atoms with van der Waals surface area (Å²) in [5.74, 6) is -0.550. The van der Waals surface area contributed by atoms with Gasteiger partial charge >= 0.3 is 0 Å². The van der Waals surface area contributed by atoms with Gasteiger partial charge in [-0.3, -0.25) is 4.79 Å². The molecule has 6 heteroatoms. The van der Waals surface area contributed by atoms with E-state index >= 15 is 0 Å². The molecule has 0 bridgehead atoms. The van der Waals surface area contributed by atoms with Crippen LogP contribution in [0.4, 0.5) is 4.39 Å². The fourth-order valence-corrected chi connectivity index (χ4v) is 3.14. The molecule has 2 heterocycles. The highest BCUT2D eigenvalue weighted by Crippen LogP contribution is 2.33. The predicted octanol–water partition coefficient (Wildman–Crippen LogP) is 1.03. The van der Waals surface area contributed by atoms with Crippen molar-refractivity contribution in [1.82, 2.24) is 5.32 Å². The number of carbonyl (C=O) groups is 1. The van der Waals surface area contributed by atoms with E-state index in [9.17, 15) is 14.3 Å². The van der Waals surface area contributed by atoms with Crippen molar-refractivity contribution in [1.29, 1.82) is 0 Å². The minimum Gasteiger partial charge on any atom is -0.396 e. The number of aliphatic hydroxyl groups excluding tert-OH is 1. The van der Waals surface area contributed by atoms with Crippen LogP contribution < -0.4 is 5.32 Å². The lowest BCUT2D eigenvalue weighted by molar-refractivity contribution is -0.127. The van der Waals surface area contributed by atoms with Gasteiger partial charge in [-0.25, -0.2) is 4.39 Å². The van der Waals surface area contributed by atoms with E-state index in [1.165, 1.54) is 12.1 Å². The molecule has 2 fully saturated rings. The van der Waals surface area contributed by atoms with Gasteiger partial charge in [-0.2, -0.15) is 0 Å². The van der Waals surface area contributed by atoms with Crippen LogP contribution in [0.3, 0.4) is 0 Å². The summed E-state index contributed by atoms with van der Waals surface area (Å²) < 4.78 is 24.0. The van der Waals surface area contributed by atoms with Crippen LogP contribution in [0.25, 0.3) is 0 Å². The molecule has 1 aromatic rings. The molecule has 3 rings (SSSR count). The first-order valence-electron chi connectivity index (χ1n) is 7.55. The molecule has 0 saturated carbocycles. The van der Waals surface area contributed by atoms with E-state index in [1.807, 2.05) is 0 Å². The summed E-state index contributed by atoms with van der Waals surface area (Å²) in [7, 11) is 0. The van der Waals surface area contributed by atoms with Gasteiger partial charge in [0.1, 0.15) is 5.82 Å². The third kappa shape index (κ3) is 3.14. The summed E-state index contributed by atoms with van der Waals surface area (Å²) in [6.45, 7) is 1.44. The zero-order chi connectivity index (χ0) is 15.5. The first-order chi connectivity index (χ1) is 10.7. The maximum atomic E-state index is 13.0. The first kappa shape index (κ1) is 15.4. The lowest BCUT2D eigenvalue weighted by Gasteiger charge is -2.22. The predicted molar refractivity (Wildman–Crippen MR) is 76.5 cm³/mol. The van der Waals surface area contributed by atoms with E-state index in [1.54, 1.807) is 12.1 Å². The number of ether oxygens (including phenoxy) is 2. The average Bonchev–Trinajstić information content (AvgIpc) is 3.10. The second-order valence-corrected chi connectivity index (χ2v) is 5.80. The summed E-state index contributed by atoms with van der Waals surface area (Å²) in [5, 5.41) is 12.2. The van der Waals surface area contributed by atoms with E-state index in [-0.39, 0.29) is 42.3 Å². The van der Waals surface area contributed by atoms with Crippen LogP contribution in [0.1, 0.15) is 18.0 Å². The molecular formula is C16H20FNO4. The Morgan fingerprint density at radius 3 is 2.82 bits per heavy atom. The number of amides is 1. The van der Waals surface area contributed by atoms with Crippen molar-refractivity contribution >= 4 is 5.91 Å². The van der Waals surface area contributed by atoms with Crippen LogP contribution in [-0.2, 0) is 14.3 Å². The van der Waals surface area contributed by atoms with Crippen molar-refractivity contribution in [3.05, 3.63) is 35.6 Å². The van der Waals surface area contributed by atoms with Crippen LogP contribution in [0.5, 0.6) is 0 Å². The van der Waals surface area contributed by atoms with E-state index in [2.05, 4.69) is 5.32 Å². The van der Waals surface area contributed by atoms with Crippen molar-refractivity contribution in [2.75, 3.05) is 26.4 Å². The lowest BCUT2D eigenvalue weighted by Crippen LogP contribution is -2.38. The maximum Gasteiger partial charge on any atom is 0.226 e. The van der Waals surface area contributed by atoms with Crippen LogP contribution in [0, 0.1) is 17.7 Å². The Hall–Kier alpha value is -1.50. The number of halogens is 1. The molecule has 4 atom stereocenters. The second-order valence-electron chi connectivity index (χ2n) is 5.80. The van der Waals surface area contributed by atoms with Crippen LogP contribution in [-0.4, -0.2) is 43.5 Å². The molecule has 0 radical (unpaired) electrons. The molecule has 2 N–H and O–H groups in total. The molecule has 120 valence electrons. The Balaban J connectivity index is 1.68. The van der Waals surface area contributed by atoms with Gasteiger partial charge in [0.2, 0.25) is 5.91 Å². The quantitative estimate of drug-likeness (QED) is 0.852. The smallest absolute Gasteiger partial charge is 0.226 e. The van der Waals surface area contributed by atoms with Crippen molar-refractivity contribution in [3.63, 3.8) is 0 Å². The van der Waals surface area contributed by atoms with Gasteiger partial charge in [-0.05, 0) is 24.1 Å². The van der Waals surface area contributed by atoms with Crippen molar-refractivity contribution in [2.45, 2.75) is 18.6 Å². The number of benzene rings is 1. The highest BCUT2D eigenvalue weighted by Gasteiger charge is 2.45. The van der Waals surface area contributed by atoms with E-state index in [0.717, 1.165) is 5.56 Å². The number of nitrogens with one attached hydrogen (secondary N) is 1. The first-order valence-corrected chi connectivity index (χ1v) is 7.55. The van der Waals surface area contributed by atoms with Gasteiger partial charge in [0, 0.05) is 12.5 Å². The SMILES string of the molecule is O=C(NC(CCO)c1ccc(F)cc1)C1COC2COCC21. The second kappa shape index (κ2) is 6.73. The molecule has 0 aliphatic carbocycles.